The van der Waals surface area contributed by atoms with Crippen molar-refractivity contribution in [1.82, 2.24) is 5.32 Å². The van der Waals surface area contributed by atoms with Crippen molar-refractivity contribution in [3.8, 4) is 11.5 Å². The summed E-state index contributed by atoms with van der Waals surface area (Å²) in [6.07, 6.45) is 5.34. The number of nitro benzene ring substituents is 1. The van der Waals surface area contributed by atoms with Crippen molar-refractivity contribution in [3.05, 3.63) is 27.8 Å². The molecule has 0 unspecified atom stereocenters. The summed E-state index contributed by atoms with van der Waals surface area (Å²) in [6, 6.07) is 2.54. The van der Waals surface area contributed by atoms with Crippen LogP contribution in [-0.2, 0) is 0 Å². The number of carbonyl (C=O) groups excluding carboxylic acids is 1. The van der Waals surface area contributed by atoms with Gasteiger partial charge in [0.05, 0.1) is 25.2 Å². The molecule has 7 nitrogen and oxygen atoms in total. The molecular formula is C16H24N2O5. The molecule has 23 heavy (non-hydrogen) atoms. The molecular weight excluding hydrogens is 300 g/mol. The van der Waals surface area contributed by atoms with Gasteiger partial charge in [-0.25, -0.2) is 0 Å². The SMILES string of the molecule is CCCCCCCNC(=O)c1cc(OC)c(OC)cc1[N+](=O)[O-]. The van der Waals surface area contributed by atoms with E-state index in [1.807, 2.05) is 0 Å². The molecule has 0 atom stereocenters. The van der Waals surface area contributed by atoms with E-state index in [1.165, 1.54) is 32.8 Å². The minimum absolute atomic E-state index is 0.0267. The maximum atomic E-state index is 12.2. The number of ether oxygens (including phenoxy) is 2. The van der Waals surface area contributed by atoms with E-state index in [0.717, 1.165) is 25.7 Å². The molecule has 0 aromatic heterocycles. The number of benzene rings is 1. The summed E-state index contributed by atoms with van der Waals surface area (Å²) in [6.45, 7) is 2.63. The number of nitrogens with one attached hydrogen (secondary N) is 1. The molecule has 0 heterocycles. The first-order valence-corrected chi connectivity index (χ1v) is 7.73. The third-order valence-electron chi connectivity index (χ3n) is 3.51. The highest BCUT2D eigenvalue weighted by Gasteiger charge is 2.24. The first kappa shape index (κ1) is 18.7. The van der Waals surface area contributed by atoms with E-state index in [1.54, 1.807) is 0 Å². The van der Waals surface area contributed by atoms with Gasteiger partial charge in [0.15, 0.2) is 11.5 Å². The topological polar surface area (TPSA) is 90.7 Å². The molecule has 1 N–H and O–H groups in total. The molecule has 0 saturated heterocycles. The third kappa shape index (κ3) is 5.43. The van der Waals surface area contributed by atoms with Crippen LogP contribution in [0.15, 0.2) is 12.1 Å². The number of nitrogens with zero attached hydrogens (tertiary/aromatic N) is 1. The second-order valence-electron chi connectivity index (χ2n) is 5.15. The van der Waals surface area contributed by atoms with Gasteiger partial charge in [-0.3, -0.25) is 14.9 Å². The van der Waals surface area contributed by atoms with Crippen LogP contribution in [0.3, 0.4) is 0 Å². The van der Waals surface area contributed by atoms with Crippen LogP contribution in [0.5, 0.6) is 11.5 Å². The zero-order valence-corrected chi connectivity index (χ0v) is 13.9. The van der Waals surface area contributed by atoms with Crippen LogP contribution in [0.4, 0.5) is 5.69 Å². The Hall–Kier alpha value is -2.31. The van der Waals surface area contributed by atoms with E-state index in [9.17, 15) is 14.9 Å². The monoisotopic (exact) mass is 324 g/mol. The Labute approximate surface area is 136 Å². The molecule has 1 aromatic carbocycles. The smallest absolute Gasteiger partial charge is 0.286 e. The molecule has 1 aromatic rings. The van der Waals surface area contributed by atoms with Crippen LogP contribution in [0.25, 0.3) is 0 Å². The van der Waals surface area contributed by atoms with E-state index in [4.69, 9.17) is 9.47 Å². The van der Waals surface area contributed by atoms with Crippen molar-refractivity contribution < 1.29 is 19.2 Å². The van der Waals surface area contributed by atoms with E-state index in [-0.39, 0.29) is 22.7 Å². The quantitative estimate of drug-likeness (QED) is 0.405. The number of amides is 1. The molecule has 128 valence electrons. The van der Waals surface area contributed by atoms with Gasteiger partial charge >= 0.3 is 0 Å². The van der Waals surface area contributed by atoms with Gasteiger partial charge in [-0.2, -0.15) is 0 Å². The predicted molar refractivity (Wildman–Crippen MR) is 87.3 cm³/mol. The van der Waals surface area contributed by atoms with Gasteiger partial charge in [0.25, 0.3) is 11.6 Å². The molecule has 7 heteroatoms. The summed E-state index contributed by atoms with van der Waals surface area (Å²) in [5.74, 6) is 0.0228. The molecule has 0 aliphatic carbocycles. The van der Waals surface area contributed by atoms with E-state index >= 15 is 0 Å². The fourth-order valence-electron chi connectivity index (χ4n) is 2.23. The summed E-state index contributed by atoms with van der Waals surface area (Å²) < 4.78 is 10.1. The highest BCUT2D eigenvalue weighted by atomic mass is 16.6. The zero-order valence-electron chi connectivity index (χ0n) is 13.9. The standard InChI is InChI=1S/C16H24N2O5/c1-4-5-6-7-8-9-17-16(19)12-10-14(22-2)15(23-3)11-13(12)18(20)21/h10-11H,4-9H2,1-3H3,(H,17,19). The molecule has 1 rings (SSSR count). The second kappa shape index (κ2) is 9.66. The van der Waals surface area contributed by atoms with Crippen molar-refractivity contribution in [2.45, 2.75) is 39.0 Å². The van der Waals surface area contributed by atoms with E-state index < -0.39 is 10.8 Å². The highest BCUT2D eigenvalue weighted by molar-refractivity contribution is 5.99. The first-order valence-electron chi connectivity index (χ1n) is 7.73. The number of rotatable bonds is 10. The van der Waals surface area contributed by atoms with Crippen molar-refractivity contribution in [2.75, 3.05) is 20.8 Å². The minimum Gasteiger partial charge on any atom is -0.493 e. The lowest BCUT2D eigenvalue weighted by Gasteiger charge is -2.11. The zero-order chi connectivity index (χ0) is 17.2. The Morgan fingerprint density at radius 2 is 1.74 bits per heavy atom. The summed E-state index contributed by atoms with van der Waals surface area (Å²) in [5, 5.41) is 13.9. The van der Waals surface area contributed by atoms with Gasteiger partial charge < -0.3 is 14.8 Å². The lowest BCUT2D eigenvalue weighted by atomic mass is 10.1. The highest BCUT2D eigenvalue weighted by Crippen LogP contribution is 2.34. The third-order valence-corrected chi connectivity index (χ3v) is 3.51. The number of carbonyl (C=O) groups is 1. The lowest BCUT2D eigenvalue weighted by Crippen LogP contribution is -2.25. The number of nitro groups is 1. The molecule has 0 aliphatic rings. The normalized spacial score (nSPS) is 10.2. The van der Waals surface area contributed by atoms with Crippen LogP contribution in [0, 0.1) is 10.1 Å². The molecule has 0 saturated carbocycles. The number of unbranched alkanes of at least 4 members (excludes halogenated alkanes) is 4. The van der Waals surface area contributed by atoms with E-state index in [0.29, 0.717) is 6.54 Å². The van der Waals surface area contributed by atoms with Gasteiger partial charge in [0, 0.05) is 12.6 Å². The molecule has 0 aliphatic heterocycles. The van der Waals surface area contributed by atoms with Gasteiger partial charge in [0.1, 0.15) is 5.56 Å². The Bertz CT molecular complexity index is 546. The fourth-order valence-corrected chi connectivity index (χ4v) is 2.23. The Kier molecular flexibility index (Phi) is 7.87. The Morgan fingerprint density at radius 1 is 1.13 bits per heavy atom. The average molecular weight is 324 g/mol. The maximum absolute atomic E-state index is 12.2. The minimum atomic E-state index is -0.599. The van der Waals surface area contributed by atoms with Gasteiger partial charge in [-0.05, 0) is 6.42 Å². The Morgan fingerprint density at radius 3 is 2.30 bits per heavy atom. The largest absolute Gasteiger partial charge is 0.493 e. The van der Waals surface area contributed by atoms with Gasteiger partial charge in [-0.15, -0.1) is 0 Å². The van der Waals surface area contributed by atoms with Crippen LogP contribution in [-0.4, -0.2) is 31.6 Å². The van der Waals surface area contributed by atoms with Crippen LogP contribution in [0.1, 0.15) is 49.4 Å². The molecule has 0 spiro atoms. The molecule has 0 bridgehead atoms. The van der Waals surface area contributed by atoms with Crippen molar-refractivity contribution in [1.29, 1.82) is 0 Å². The number of hydrogen-bond donors (Lipinski definition) is 1. The van der Waals surface area contributed by atoms with Crippen LogP contribution >= 0.6 is 0 Å². The fraction of sp³-hybridized carbons (Fsp3) is 0.562. The van der Waals surface area contributed by atoms with Crippen molar-refractivity contribution in [2.24, 2.45) is 0 Å². The summed E-state index contributed by atoms with van der Waals surface area (Å²) in [7, 11) is 2.80. The second-order valence-corrected chi connectivity index (χ2v) is 5.15. The maximum Gasteiger partial charge on any atom is 0.286 e. The molecule has 1 amide bonds. The van der Waals surface area contributed by atoms with Crippen molar-refractivity contribution >= 4 is 11.6 Å². The summed E-state index contributed by atoms with van der Waals surface area (Å²) in [5.41, 5.74) is -0.327. The summed E-state index contributed by atoms with van der Waals surface area (Å²) >= 11 is 0. The number of methoxy groups -OCH3 is 2. The molecule has 0 fully saturated rings. The lowest BCUT2D eigenvalue weighted by molar-refractivity contribution is -0.385. The summed E-state index contributed by atoms with van der Waals surface area (Å²) in [4.78, 5) is 22.8. The molecule has 0 radical (unpaired) electrons. The Balaban J connectivity index is 2.80. The van der Waals surface area contributed by atoms with Crippen molar-refractivity contribution in [3.63, 3.8) is 0 Å². The predicted octanol–water partition coefficient (Wildman–Crippen LogP) is 3.31. The van der Waals surface area contributed by atoms with Gasteiger partial charge in [-0.1, -0.05) is 32.6 Å². The van der Waals surface area contributed by atoms with Crippen LogP contribution < -0.4 is 14.8 Å². The van der Waals surface area contributed by atoms with E-state index in [2.05, 4.69) is 12.2 Å². The van der Waals surface area contributed by atoms with Crippen LogP contribution in [0.2, 0.25) is 0 Å². The number of hydrogen-bond acceptors (Lipinski definition) is 5. The average Bonchev–Trinajstić information content (AvgIpc) is 2.56. The van der Waals surface area contributed by atoms with Gasteiger partial charge in [0.2, 0.25) is 0 Å². The first-order chi connectivity index (χ1) is 11.0.